The van der Waals surface area contributed by atoms with E-state index in [4.69, 9.17) is 4.74 Å². The van der Waals surface area contributed by atoms with Crippen molar-refractivity contribution < 1.29 is 4.74 Å². The maximum absolute atomic E-state index is 5.72. The largest absolute Gasteiger partial charge is 0.380 e. The summed E-state index contributed by atoms with van der Waals surface area (Å²) in [6.45, 7) is 13.9. The minimum atomic E-state index is 0.521. The highest BCUT2D eigenvalue weighted by molar-refractivity contribution is 4.71. The van der Waals surface area contributed by atoms with Crippen LogP contribution < -0.4 is 5.32 Å². The molecule has 15 heavy (non-hydrogen) atoms. The summed E-state index contributed by atoms with van der Waals surface area (Å²) in [5, 5.41) is 3.50. The molecule has 0 radical (unpaired) electrons. The molecule has 0 aliphatic heterocycles. The van der Waals surface area contributed by atoms with Gasteiger partial charge in [-0.25, -0.2) is 0 Å². The first-order chi connectivity index (χ1) is 7.11. The molecular weight excluding hydrogens is 186 g/mol. The molecule has 0 rings (SSSR count). The summed E-state index contributed by atoms with van der Waals surface area (Å²) in [5.41, 5.74) is 0. The first-order valence-corrected chi connectivity index (χ1v) is 6.42. The van der Waals surface area contributed by atoms with Crippen LogP contribution in [0, 0.1) is 11.8 Å². The van der Waals surface area contributed by atoms with Crippen LogP contribution in [0.1, 0.15) is 47.5 Å². The predicted molar refractivity (Wildman–Crippen MR) is 67.2 cm³/mol. The summed E-state index contributed by atoms with van der Waals surface area (Å²) >= 11 is 0. The van der Waals surface area contributed by atoms with Gasteiger partial charge in [-0.3, -0.25) is 0 Å². The van der Waals surface area contributed by atoms with Gasteiger partial charge >= 0.3 is 0 Å². The van der Waals surface area contributed by atoms with Gasteiger partial charge in [0.15, 0.2) is 0 Å². The first-order valence-electron chi connectivity index (χ1n) is 6.42. The molecular formula is C13H29NO. The third kappa shape index (κ3) is 7.80. The highest BCUT2D eigenvalue weighted by Crippen LogP contribution is 2.08. The molecule has 2 unspecified atom stereocenters. The summed E-state index contributed by atoms with van der Waals surface area (Å²) in [6, 6.07) is 0.521. The Bertz CT molecular complexity index is 136. The minimum absolute atomic E-state index is 0.521. The van der Waals surface area contributed by atoms with Gasteiger partial charge in [-0.1, -0.05) is 41.0 Å². The van der Waals surface area contributed by atoms with E-state index in [9.17, 15) is 0 Å². The average Bonchev–Trinajstić information content (AvgIpc) is 2.21. The molecule has 1 N–H and O–H groups in total. The molecule has 92 valence electrons. The molecule has 0 spiro atoms. The first kappa shape index (κ1) is 14.9. The predicted octanol–water partition coefficient (Wildman–Crippen LogP) is 3.07. The molecule has 0 fully saturated rings. The normalized spacial score (nSPS) is 15.6. The van der Waals surface area contributed by atoms with Crippen molar-refractivity contribution in [2.24, 2.45) is 11.8 Å². The number of rotatable bonds is 9. The van der Waals surface area contributed by atoms with Gasteiger partial charge in [0.05, 0.1) is 6.61 Å². The SMILES string of the molecule is CCNC(COCCC(C)C)C(C)CC. The highest BCUT2D eigenvalue weighted by atomic mass is 16.5. The van der Waals surface area contributed by atoms with Gasteiger partial charge in [-0.2, -0.15) is 0 Å². The van der Waals surface area contributed by atoms with Crippen molar-refractivity contribution >= 4 is 0 Å². The number of hydrogen-bond donors (Lipinski definition) is 1. The van der Waals surface area contributed by atoms with E-state index in [1.54, 1.807) is 0 Å². The Hall–Kier alpha value is -0.0800. The van der Waals surface area contributed by atoms with Crippen LogP contribution >= 0.6 is 0 Å². The topological polar surface area (TPSA) is 21.3 Å². The van der Waals surface area contributed by atoms with Gasteiger partial charge in [0.1, 0.15) is 0 Å². The summed E-state index contributed by atoms with van der Waals surface area (Å²) in [4.78, 5) is 0. The van der Waals surface area contributed by atoms with E-state index in [0.717, 1.165) is 25.7 Å². The zero-order chi connectivity index (χ0) is 11.7. The van der Waals surface area contributed by atoms with Crippen molar-refractivity contribution in [2.75, 3.05) is 19.8 Å². The third-order valence-electron chi connectivity index (χ3n) is 2.93. The lowest BCUT2D eigenvalue weighted by atomic mass is 10.00. The van der Waals surface area contributed by atoms with Gasteiger partial charge in [-0.15, -0.1) is 0 Å². The molecule has 0 aromatic carbocycles. The lowest BCUT2D eigenvalue weighted by molar-refractivity contribution is 0.0877. The molecule has 0 aromatic heterocycles. The average molecular weight is 215 g/mol. The molecule has 0 aromatic rings. The van der Waals surface area contributed by atoms with Gasteiger partial charge in [0.2, 0.25) is 0 Å². The Morgan fingerprint density at radius 3 is 2.27 bits per heavy atom. The summed E-state index contributed by atoms with van der Waals surface area (Å²) in [6.07, 6.45) is 2.38. The van der Waals surface area contributed by atoms with E-state index in [0.29, 0.717) is 12.0 Å². The minimum Gasteiger partial charge on any atom is -0.380 e. The van der Waals surface area contributed by atoms with Crippen molar-refractivity contribution in [2.45, 2.75) is 53.5 Å². The second-order valence-electron chi connectivity index (χ2n) is 4.81. The maximum atomic E-state index is 5.72. The molecule has 0 heterocycles. The zero-order valence-electron chi connectivity index (χ0n) is 11.2. The molecule has 0 amide bonds. The molecule has 2 atom stereocenters. The quantitative estimate of drug-likeness (QED) is 0.597. The van der Waals surface area contributed by atoms with Crippen LogP contribution in [0.3, 0.4) is 0 Å². The fraction of sp³-hybridized carbons (Fsp3) is 1.00. The Morgan fingerprint density at radius 2 is 1.80 bits per heavy atom. The third-order valence-corrected chi connectivity index (χ3v) is 2.93. The van der Waals surface area contributed by atoms with Crippen LogP contribution in [0.2, 0.25) is 0 Å². The van der Waals surface area contributed by atoms with Crippen molar-refractivity contribution in [3.63, 3.8) is 0 Å². The van der Waals surface area contributed by atoms with Gasteiger partial charge < -0.3 is 10.1 Å². The van der Waals surface area contributed by atoms with Crippen LogP contribution in [0.15, 0.2) is 0 Å². The van der Waals surface area contributed by atoms with E-state index in [1.165, 1.54) is 12.8 Å². The number of likely N-dealkylation sites (N-methyl/N-ethyl adjacent to an activating group) is 1. The van der Waals surface area contributed by atoms with E-state index < -0.39 is 0 Å². The number of hydrogen-bond acceptors (Lipinski definition) is 2. The fourth-order valence-electron chi connectivity index (χ4n) is 1.50. The smallest absolute Gasteiger partial charge is 0.0622 e. The second kappa shape index (κ2) is 9.17. The maximum Gasteiger partial charge on any atom is 0.0622 e. The second-order valence-corrected chi connectivity index (χ2v) is 4.81. The Morgan fingerprint density at radius 1 is 1.13 bits per heavy atom. The Kier molecular flexibility index (Phi) is 9.12. The number of nitrogens with one attached hydrogen (secondary N) is 1. The van der Waals surface area contributed by atoms with Crippen LogP contribution in [-0.4, -0.2) is 25.8 Å². The molecule has 2 heteroatoms. The van der Waals surface area contributed by atoms with Crippen LogP contribution in [0.5, 0.6) is 0 Å². The summed E-state index contributed by atoms with van der Waals surface area (Å²) in [7, 11) is 0. The standard InChI is InChI=1S/C13H29NO/c1-6-12(5)13(14-7-2)10-15-9-8-11(3)4/h11-14H,6-10H2,1-5H3. The van der Waals surface area contributed by atoms with Gasteiger partial charge in [0, 0.05) is 12.6 Å². The van der Waals surface area contributed by atoms with E-state index in [2.05, 4.69) is 39.9 Å². The van der Waals surface area contributed by atoms with Crippen LogP contribution in [-0.2, 0) is 4.74 Å². The van der Waals surface area contributed by atoms with E-state index in [-0.39, 0.29) is 0 Å². The number of ether oxygens (including phenoxy) is 1. The lowest BCUT2D eigenvalue weighted by Gasteiger charge is -2.23. The van der Waals surface area contributed by atoms with Crippen molar-refractivity contribution in [3.8, 4) is 0 Å². The fourth-order valence-corrected chi connectivity index (χ4v) is 1.50. The Balaban J connectivity index is 3.66. The monoisotopic (exact) mass is 215 g/mol. The summed E-state index contributed by atoms with van der Waals surface area (Å²) < 4.78 is 5.72. The molecule has 0 saturated carbocycles. The molecule has 2 nitrogen and oxygen atoms in total. The van der Waals surface area contributed by atoms with Crippen molar-refractivity contribution in [1.29, 1.82) is 0 Å². The molecule has 0 bridgehead atoms. The lowest BCUT2D eigenvalue weighted by Crippen LogP contribution is -2.38. The van der Waals surface area contributed by atoms with E-state index in [1.807, 2.05) is 0 Å². The van der Waals surface area contributed by atoms with Gasteiger partial charge in [-0.05, 0) is 24.8 Å². The van der Waals surface area contributed by atoms with Crippen molar-refractivity contribution in [1.82, 2.24) is 5.32 Å². The van der Waals surface area contributed by atoms with Crippen LogP contribution in [0.25, 0.3) is 0 Å². The molecule has 0 saturated heterocycles. The van der Waals surface area contributed by atoms with Crippen LogP contribution in [0.4, 0.5) is 0 Å². The zero-order valence-corrected chi connectivity index (χ0v) is 11.2. The highest BCUT2D eigenvalue weighted by Gasteiger charge is 2.14. The Labute approximate surface area is 95.8 Å². The van der Waals surface area contributed by atoms with Gasteiger partial charge in [0.25, 0.3) is 0 Å². The molecule has 0 aliphatic rings. The summed E-state index contributed by atoms with van der Waals surface area (Å²) in [5.74, 6) is 1.44. The van der Waals surface area contributed by atoms with E-state index >= 15 is 0 Å². The molecule has 0 aliphatic carbocycles. The van der Waals surface area contributed by atoms with Crippen molar-refractivity contribution in [3.05, 3.63) is 0 Å².